The molecule has 0 saturated heterocycles. The first kappa shape index (κ1) is 14.9. The molecule has 3 N–H and O–H groups in total. The molecule has 2 aromatic rings. The van der Waals surface area contributed by atoms with Gasteiger partial charge in [-0.15, -0.1) is 0 Å². The number of aryl methyl sites for hydroxylation is 1. The summed E-state index contributed by atoms with van der Waals surface area (Å²) in [4.78, 5) is 16.1. The number of halogens is 2. The van der Waals surface area contributed by atoms with Crippen LogP contribution in [0.5, 0.6) is 5.75 Å². The van der Waals surface area contributed by atoms with E-state index >= 15 is 0 Å². The zero-order valence-corrected chi connectivity index (χ0v) is 11.4. The van der Waals surface area contributed by atoms with Crippen LogP contribution in [-0.4, -0.2) is 26.2 Å². The maximum atomic E-state index is 13.6. The first-order valence-corrected chi connectivity index (χ1v) is 6.30. The second kappa shape index (κ2) is 5.86. The number of amides is 1. The molecular formula is C13H14F2N4O2. The maximum absolute atomic E-state index is 13.6. The third kappa shape index (κ3) is 3.15. The smallest absolute Gasteiger partial charge is 0.258 e. The predicted octanol–water partition coefficient (Wildman–Crippen LogP) is 1.98. The van der Waals surface area contributed by atoms with E-state index in [-0.39, 0.29) is 0 Å². The van der Waals surface area contributed by atoms with Crippen molar-refractivity contribution >= 4 is 5.91 Å². The number of nitrogens with one attached hydrogen (secondary N) is 2. The van der Waals surface area contributed by atoms with Crippen LogP contribution in [-0.2, 0) is 0 Å². The number of benzene rings is 1. The largest absolute Gasteiger partial charge is 0.507 e. The minimum absolute atomic E-state index is 0.352. The van der Waals surface area contributed by atoms with Crippen molar-refractivity contribution in [3.05, 3.63) is 41.0 Å². The Morgan fingerprint density at radius 3 is 2.71 bits per heavy atom. The van der Waals surface area contributed by atoms with Gasteiger partial charge in [-0.25, -0.2) is 13.8 Å². The number of phenols is 1. The molecule has 0 aliphatic rings. The van der Waals surface area contributed by atoms with E-state index in [1.54, 1.807) is 13.8 Å². The molecule has 0 bridgehead atoms. The van der Waals surface area contributed by atoms with Gasteiger partial charge in [-0.3, -0.25) is 9.89 Å². The highest BCUT2D eigenvalue weighted by atomic mass is 19.1. The normalized spacial score (nSPS) is 12.2. The van der Waals surface area contributed by atoms with Crippen LogP contribution < -0.4 is 5.32 Å². The molecule has 0 fully saturated rings. The number of hydrogen-bond acceptors (Lipinski definition) is 4. The number of phenolic OH excluding ortho intramolecular Hbond substituents is 1. The molecular weight excluding hydrogens is 282 g/mol. The molecule has 0 spiro atoms. The number of aromatic nitrogens is 3. The molecule has 0 aliphatic heterocycles. The summed E-state index contributed by atoms with van der Waals surface area (Å²) < 4.78 is 26.5. The highest BCUT2D eigenvalue weighted by Gasteiger charge is 2.23. The van der Waals surface area contributed by atoms with Crippen LogP contribution in [0.2, 0.25) is 0 Å². The number of nitrogens with zero attached hydrogens (tertiary/aromatic N) is 2. The second-order valence-electron chi connectivity index (χ2n) is 4.50. The minimum atomic E-state index is -1.13. The Bertz CT molecular complexity index is 649. The van der Waals surface area contributed by atoms with Gasteiger partial charge in [0.15, 0.2) is 5.82 Å². The molecule has 2 rings (SSSR count). The molecule has 0 unspecified atom stereocenters. The van der Waals surface area contributed by atoms with Gasteiger partial charge in [-0.2, -0.15) is 5.10 Å². The third-order valence-electron chi connectivity index (χ3n) is 2.90. The number of carbonyl (C=O) groups is 1. The molecule has 6 nitrogen and oxygen atoms in total. The van der Waals surface area contributed by atoms with Gasteiger partial charge in [-0.05, 0) is 13.3 Å². The lowest BCUT2D eigenvalue weighted by Gasteiger charge is -2.14. The van der Waals surface area contributed by atoms with Crippen LogP contribution >= 0.6 is 0 Å². The van der Waals surface area contributed by atoms with Crippen molar-refractivity contribution in [1.82, 2.24) is 20.5 Å². The van der Waals surface area contributed by atoms with E-state index in [9.17, 15) is 18.7 Å². The standard InChI is InChI=1S/C13H14F2N4O2/c1-3-9(12-16-6(2)18-19-12)17-13(21)11-8(15)4-7(14)5-10(11)20/h4-5,9,20H,3H2,1-2H3,(H,17,21)(H,16,18,19)/t9-/m0/s1. The molecule has 1 atom stereocenters. The summed E-state index contributed by atoms with van der Waals surface area (Å²) in [6.45, 7) is 3.49. The van der Waals surface area contributed by atoms with E-state index in [0.29, 0.717) is 30.2 Å². The summed E-state index contributed by atoms with van der Waals surface area (Å²) in [5.41, 5.74) is -0.609. The third-order valence-corrected chi connectivity index (χ3v) is 2.90. The summed E-state index contributed by atoms with van der Waals surface area (Å²) in [5.74, 6) is -2.78. The molecule has 1 heterocycles. The van der Waals surface area contributed by atoms with Crippen molar-refractivity contribution in [2.24, 2.45) is 0 Å². The summed E-state index contributed by atoms with van der Waals surface area (Å²) >= 11 is 0. The van der Waals surface area contributed by atoms with E-state index in [2.05, 4.69) is 20.5 Å². The van der Waals surface area contributed by atoms with E-state index in [1.165, 1.54) is 0 Å². The van der Waals surface area contributed by atoms with Crippen molar-refractivity contribution in [2.45, 2.75) is 26.3 Å². The Labute approximate surface area is 119 Å². The van der Waals surface area contributed by atoms with Gasteiger partial charge in [-0.1, -0.05) is 6.92 Å². The average molecular weight is 296 g/mol. The quantitative estimate of drug-likeness (QED) is 0.804. The molecule has 0 saturated carbocycles. The van der Waals surface area contributed by atoms with Gasteiger partial charge in [0, 0.05) is 12.1 Å². The van der Waals surface area contributed by atoms with Crippen LogP contribution in [0.25, 0.3) is 0 Å². The van der Waals surface area contributed by atoms with Crippen LogP contribution in [0.4, 0.5) is 8.78 Å². The lowest BCUT2D eigenvalue weighted by molar-refractivity contribution is 0.0926. The summed E-state index contributed by atoms with van der Waals surface area (Å²) in [5, 5.41) is 18.6. The Balaban J connectivity index is 2.24. The van der Waals surface area contributed by atoms with Gasteiger partial charge in [0.05, 0.1) is 6.04 Å². The van der Waals surface area contributed by atoms with Crippen LogP contribution in [0.15, 0.2) is 12.1 Å². The lowest BCUT2D eigenvalue weighted by atomic mass is 10.1. The molecule has 21 heavy (non-hydrogen) atoms. The summed E-state index contributed by atoms with van der Waals surface area (Å²) in [6, 6.07) is 0.661. The van der Waals surface area contributed by atoms with Gasteiger partial charge < -0.3 is 10.4 Å². The van der Waals surface area contributed by atoms with Crippen LogP contribution in [0.3, 0.4) is 0 Å². The fourth-order valence-corrected chi connectivity index (χ4v) is 1.88. The highest BCUT2D eigenvalue weighted by molar-refractivity contribution is 5.97. The van der Waals surface area contributed by atoms with E-state index in [1.807, 2.05) is 0 Å². The minimum Gasteiger partial charge on any atom is -0.507 e. The van der Waals surface area contributed by atoms with E-state index < -0.39 is 34.9 Å². The number of rotatable bonds is 4. The SMILES string of the molecule is CC[C@H](NC(=O)c1c(O)cc(F)cc1F)c1n[nH]c(C)n1. The monoisotopic (exact) mass is 296 g/mol. The first-order valence-electron chi connectivity index (χ1n) is 6.30. The lowest BCUT2D eigenvalue weighted by Crippen LogP contribution is -2.29. The zero-order chi connectivity index (χ0) is 15.6. The molecule has 112 valence electrons. The molecule has 8 heteroatoms. The van der Waals surface area contributed by atoms with Crippen molar-refractivity contribution in [3.63, 3.8) is 0 Å². The summed E-state index contributed by atoms with van der Waals surface area (Å²) in [7, 11) is 0. The molecule has 1 aromatic carbocycles. The molecule has 1 aromatic heterocycles. The molecule has 0 aliphatic carbocycles. The van der Waals surface area contributed by atoms with Gasteiger partial charge in [0.2, 0.25) is 0 Å². The topological polar surface area (TPSA) is 90.9 Å². The number of H-pyrrole nitrogens is 1. The zero-order valence-electron chi connectivity index (χ0n) is 11.4. The first-order chi connectivity index (χ1) is 9.92. The fourth-order valence-electron chi connectivity index (χ4n) is 1.88. The number of aromatic hydroxyl groups is 1. The van der Waals surface area contributed by atoms with Gasteiger partial charge in [0.25, 0.3) is 5.91 Å². The average Bonchev–Trinajstić information content (AvgIpc) is 2.81. The number of aromatic amines is 1. The number of hydrogen-bond donors (Lipinski definition) is 3. The predicted molar refractivity (Wildman–Crippen MR) is 69.6 cm³/mol. The van der Waals surface area contributed by atoms with Crippen molar-refractivity contribution < 1.29 is 18.7 Å². The van der Waals surface area contributed by atoms with Gasteiger partial charge in [0.1, 0.15) is 28.8 Å². The second-order valence-corrected chi connectivity index (χ2v) is 4.50. The van der Waals surface area contributed by atoms with Gasteiger partial charge >= 0.3 is 0 Å². The Kier molecular flexibility index (Phi) is 4.15. The Morgan fingerprint density at radius 1 is 1.48 bits per heavy atom. The van der Waals surface area contributed by atoms with Crippen molar-refractivity contribution in [1.29, 1.82) is 0 Å². The Hall–Kier alpha value is -2.51. The van der Waals surface area contributed by atoms with Crippen molar-refractivity contribution in [3.8, 4) is 5.75 Å². The number of carbonyl (C=O) groups excluding carboxylic acids is 1. The maximum Gasteiger partial charge on any atom is 0.258 e. The molecule has 1 amide bonds. The Morgan fingerprint density at radius 2 is 2.19 bits per heavy atom. The van der Waals surface area contributed by atoms with Crippen LogP contribution in [0.1, 0.15) is 41.4 Å². The van der Waals surface area contributed by atoms with Crippen LogP contribution in [0, 0.1) is 18.6 Å². The van der Waals surface area contributed by atoms with E-state index in [0.717, 1.165) is 0 Å². The van der Waals surface area contributed by atoms with Crippen molar-refractivity contribution in [2.75, 3.05) is 0 Å². The summed E-state index contributed by atoms with van der Waals surface area (Å²) in [6.07, 6.45) is 0.465. The van der Waals surface area contributed by atoms with E-state index in [4.69, 9.17) is 0 Å². The molecule has 0 radical (unpaired) electrons. The highest BCUT2D eigenvalue weighted by Crippen LogP contribution is 2.23. The fraction of sp³-hybridized carbons (Fsp3) is 0.308.